The van der Waals surface area contributed by atoms with Crippen LogP contribution in [0.25, 0.3) is 16.8 Å². The number of anilines is 1. The highest BCUT2D eigenvalue weighted by Crippen LogP contribution is 2.33. The van der Waals surface area contributed by atoms with Gasteiger partial charge in [-0.3, -0.25) is 9.59 Å². The lowest BCUT2D eigenvalue weighted by atomic mass is 10.0. The van der Waals surface area contributed by atoms with Crippen molar-refractivity contribution in [2.45, 2.75) is 26.4 Å². The zero-order chi connectivity index (χ0) is 26.7. The van der Waals surface area contributed by atoms with Gasteiger partial charge >= 0.3 is 6.18 Å². The molecule has 38 heavy (non-hydrogen) atoms. The number of ether oxygens (including phenoxy) is 1. The van der Waals surface area contributed by atoms with Crippen LogP contribution in [-0.2, 0) is 17.4 Å². The van der Waals surface area contributed by atoms with Crippen molar-refractivity contribution in [1.29, 1.82) is 0 Å². The van der Waals surface area contributed by atoms with Crippen molar-refractivity contribution < 1.29 is 27.1 Å². The highest BCUT2D eigenvalue weighted by molar-refractivity contribution is 5.92. The normalized spacial score (nSPS) is 11.1. The number of carbonyl (C=O) groups excluding carboxylic acids is 1. The van der Waals surface area contributed by atoms with Crippen LogP contribution in [0.3, 0.4) is 0 Å². The van der Waals surface area contributed by atoms with Gasteiger partial charge in [0.05, 0.1) is 30.0 Å². The molecule has 0 spiro atoms. The monoisotopic (exact) mass is 550 g/mol. The van der Waals surface area contributed by atoms with Gasteiger partial charge in [0.15, 0.2) is 5.75 Å². The maximum Gasteiger partial charge on any atom is 0.416 e. The lowest BCUT2D eigenvalue weighted by molar-refractivity contribution is -0.137. The van der Waals surface area contributed by atoms with Crippen LogP contribution < -0.4 is 15.6 Å². The summed E-state index contributed by atoms with van der Waals surface area (Å²) in [6.07, 6.45) is -2.14. The Bertz CT molecular complexity index is 1520. The van der Waals surface area contributed by atoms with E-state index < -0.39 is 35.4 Å². The molecule has 0 aliphatic heterocycles. The Labute approximate surface area is 220 Å². The highest BCUT2D eigenvalue weighted by atomic mass is 35.5. The van der Waals surface area contributed by atoms with E-state index >= 15 is 0 Å². The molecule has 4 rings (SSSR count). The molecular formula is C26H23ClF4N4O3. The smallest absolute Gasteiger partial charge is 0.416 e. The number of hydrogen-bond donors (Lipinski definition) is 2. The van der Waals surface area contributed by atoms with E-state index in [0.29, 0.717) is 16.8 Å². The van der Waals surface area contributed by atoms with E-state index in [-0.39, 0.29) is 41.7 Å². The summed E-state index contributed by atoms with van der Waals surface area (Å²) in [6, 6.07) is 10.4. The van der Waals surface area contributed by atoms with Gasteiger partial charge in [-0.25, -0.2) is 9.07 Å². The number of rotatable bonds is 7. The molecule has 2 heterocycles. The van der Waals surface area contributed by atoms with Crippen LogP contribution in [0.15, 0.2) is 65.7 Å². The molecule has 0 radical (unpaired) electrons. The van der Waals surface area contributed by atoms with Gasteiger partial charge in [0, 0.05) is 23.6 Å². The molecule has 0 atom stereocenters. The summed E-state index contributed by atoms with van der Waals surface area (Å²) in [5, 5.41) is 6.54. The number of nitrogens with zero attached hydrogens (tertiary/aromatic N) is 2. The van der Waals surface area contributed by atoms with Gasteiger partial charge in [-0.2, -0.15) is 18.3 Å². The molecule has 0 aliphatic rings. The van der Waals surface area contributed by atoms with Crippen molar-refractivity contribution in [3.05, 3.63) is 93.9 Å². The van der Waals surface area contributed by atoms with Crippen molar-refractivity contribution in [2.24, 2.45) is 0 Å². The predicted octanol–water partition coefficient (Wildman–Crippen LogP) is 5.70. The number of benzene rings is 2. The van der Waals surface area contributed by atoms with E-state index in [2.05, 4.69) is 15.4 Å². The molecule has 1 amide bonds. The van der Waals surface area contributed by atoms with Crippen molar-refractivity contribution in [1.82, 2.24) is 14.8 Å². The SMILES string of the molecule is CCOc1cc(-c2ccc(CC(=O)Nc3cc(-n4ccc(C)n4)cc(C(F)(F)F)c3)c(F)c2)c[nH]c1=O.Cl. The first-order valence-electron chi connectivity index (χ1n) is 11.2. The third kappa shape index (κ3) is 6.60. The topological polar surface area (TPSA) is 89.0 Å². The van der Waals surface area contributed by atoms with E-state index in [1.54, 1.807) is 26.0 Å². The first-order chi connectivity index (χ1) is 17.5. The van der Waals surface area contributed by atoms with Crippen LogP contribution in [0.4, 0.5) is 23.2 Å². The van der Waals surface area contributed by atoms with Crippen LogP contribution in [0.1, 0.15) is 23.7 Å². The average molecular weight is 551 g/mol. The van der Waals surface area contributed by atoms with Crippen LogP contribution in [0, 0.1) is 12.7 Å². The zero-order valence-corrected chi connectivity index (χ0v) is 21.0. The summed E-state index contributed by atoms with van der Waals surface area (Å²) in [7, 11) is 0. The number of halogens is 5. The molecule has 2 aromatic carbocycles. The number of alkyl halides is 3. The largest absolute Gasteiger partial charge is 0.488 e. The minimum absolute atomic E-state index is 0. The quantitative estimate of drug-likeness (QED) is 0.289. The standard InChI is InChI=1S/C26H22F4N4O3.ClH/c1-3-37-23-9-18(14-31-25(23)36)16-4-5-17(22(27)8-16)10-24(35)32-20-11-19(26(28,29)30)12-21(13-20)34-7-6-15(2)33-34;/h4-9,11-14H,3,10H2,1-2H3,(H,31,36)(H,32,35);1H. The summed E-state index contributed by atoms with van der Waals surface area (Å²) in [4.78, 5) is 26.9. The zero-order valence-electron chi connectivity index (χ0n) is 20.2. The Morgan fingerprint density at radius 1 is 1.11 bits per heavy atom. The van der Waals surface area contributed by atoms with E-state index in [9.17, 15) is 27.2 Å². The summed E-state index contributed by atoms with van der Waals surface area (Å²) in [6.45, 7) is 3.70. The van der Waals surface area contributed by atoms with Crippen molar-refractivity contribution in [3.63, 3.8) is 0 Å². The maximum absolute atomic E-state index is 14.8. The average Bonchev–Trinajstić information content (AvgIpc) is 3.27. The molecule has 0 bridgehead atoms. The van der Waals surface area contributed by atoms with Gasteiger partial charge in [0.2, 0.25) is 5.91 Å². The first-order valence-corrected chi connectivity index (χ1v) is 11.2. The van der Waals surface area contributed by atoms with Gasteiger partial charge < -0.3 is 15.0 Å². The number of hydrogen-bond acceptors (Lipinski definition) is 4. The van der Waals surface area contributed by atoms with Crippen LogP contribution >= 0.6 is 12.4 Å². The van der Waals surface area contributed by atoms with E-state index in [1.165, 1.54) is 41.3 Å². The third-order valence-electron chi connectivity index (χ3n) is 5.42. The van der Waals surface area contributed by atoms with Gasteiger partial charge in [-0.1, -0.05) is 12.1 Å². The number of nitrogens with one attached hydrogen (secondary N) is 2. The summed E-state index contributed by atoms with van der Waals surface area (Å²) < 4.78 is 61.7. The fourth-order valence-corrected chi connectivity index (χ4v) is 3.68. The lowest BCUT2D eigenvalue weighted by Gasteiger charge is -2.14. The molecule has 0 saturated heterocycles. The van der Waals surface area contributed by atoms with E-state index in [1.807, 2.05) is 0 Å². The molecule has 2 N–H and O–H groups in total. The maximum atomic E-state index is 14.8. The predicted molar refractivity (Wildman–Crippen MR) is 137 cm³/mol. The first kappa shape index (κ1) is 28.5. The van der Waals surface area contributed by atoms with Crippen LogP contribution in [0.2, 0.25) is 0 Å². The number of amides is 1. The Kier molecular flexibility index (Phi) is 8.62. The molecule has 0 saturated carbocycles. The van der Waals surface area contributed by atoms with Gasteiger partial charge in [0.25, 0.3) is 5.56 Å². The number of pyridine rings is 1. The fourth-order valence-electron chi connectivity index (χ4n) is 3.68. The Hall–Kier alpha value is -4.12. The Morgan fingerprint density at radius 3 is 2.50 bits per heavy atom. The van der Waals surface area contributed by atoms with Crippen LogP contribution in [-0.4, -0.2) is 27.3 Å². The third-order valence-corrected chi connectivity index (χ3v) is 5.42. The van der Waals surface area contributed by atoms with Crippen molar-refractivity contribution in [2.75, 3.05) is 11.9 Å². The molecule has 2 aromatic heterocycles. The summed E-state index contributed by atoms with van der Waals surface area (Å²) >= 11 is 0. The number of aryl methyl sites for hydroxylation is 1. The number of H-pyrrole nitrogens is 1. The second kappa shape index (κ2) is 11.5. The Morgan fingerprint density at radius 2 is 1.87 bits per heavy atom. The molecule has 0 fully saturated rings. The molecule has 0 aliphatic carbocycles. The van der Waals surface area contributed by atoms with Gasteiger partial charge in [0.1, 0.15) is 5.82 Å². The molecule has 4 aromatic rings. The fraction of sp³-hybridized carbons (Fsp3) is 0.192. The minimum atomic E-state index is -4.65. The van der Waals surface area contributed by atoms with E-state index in [4.69, 9.17) is 4.74 Å². The summed E-state index contributed by atoms with van der Waals surface area (Å²) in [5.74, 6) is -1.29. The number of aromatic amines is 1. The number of carbonyl (C=O) groups is 1. The highest BCUT2D eigenvalue weighted by Gasteiger charge is 2.31. The summed E-state index contributed by atoms with van der Waals surface area (Å²) in [5.41, 5.74) is 0.233. The minimum Gasteiger partial charge on any atom is -0.488 e. The van der Waals surface area contributed by atoms with Crippen molar-refractivity contribution >= 4 is 24.0 Å². The Balaban J connectivity index is 0.00000400. The molecule has 200 valence electrons. The number of aromatic nitrogens is 3. The molecule has 7 nitrogen and oxygen atoms in total. The van der Waals surface area contributed by atoms with Gasteiger partial charge in [-0.15, -0.1) is 12.4 Å². The lowest BCUT2D eigenvalue weighted by Crippen LogP contribution is -2.17. The van der Waals surface area contributed by atoms with Gasteiger partial charge in [-0.05, 0) is 61.4 Å². The second-order valence-corrected chi connectivity index (χ2v) is 8.21. The molecule has 12 heteroatoms. The second-order valence-electron chi connectivity index (χ2n) is 8.21. The van der Waals surface area contributed by atoms with Crippen LogP contribution in [0.5, 0.6) is 5.75 Å². The molecule has 0 unspecified atom stereocenters. The molecular weight excluding hydrogens is 528 g/mol. The van der Waals surface area contributed by atoms with Crippen molar-refractivity contribution in [3.8, 4) is 22.6 Å². The van der Waals surface area contributed by atoms with E-state index in [0.717, 1.165) is 12.1 Å².